The van der Waals surface area contributed by atoms with E-state index < -0.39 is 0 Å². The van der Waals surface area contributed by atoms with Gasteiger partial charge in [0.2, 0.25) is 0 Å². The van der Waals surface area contributed by atoms with Crippen LogP contribution in [-0.2, 0) is 0 Å². The van der Waals surface area contributed by atoms with Gasteiger partial charge in [-0.2, -0.15) is 0 Å². The Bertz CT molecular complexity index is 6780. The third-order valence-electron chi connectivity index (χ3n) is 21.9. The quantitative estimate of drug-likeness (QED) is 0.137. The first-order valence-corrected chi connectivity index (χ1v) is 35.7. The Morgan fingerprint density at radius 2 is 0.510 bits per heavy atom. The predicted molar refractivity (Wildman–Crippen MR) is 434 cm³/mol. The molecule has 0 radical (unpaired) electrons. The van der Waals surface area contributed by atoms with E-state index in [4.69, 9.17) is 9.97 Å². The van der Waals surface area contributed by atoms with Crippen LogP contribution in [0.5, 0.6) is 0 Å². The van der Waals surface area contributed by atoms with Crippen LogP contribution in [0.4, 0.5) is 0 Å². The summed E-state index contributed by atoms with van der Waals surface area (Å²) in [6.45, 7) is 0. The van der Waals surface area contributed by atoms with Gasteiger partial charge in [-0.1, -0.05) is 249 Å². The molecule has 5 aromatic heterocycles. The molecule has 0 unspecified atom stereocenters. The number of fused-ring (bicyclic) bond motifs is 15. The lowest BCUT2D eigenvalue weighted by Crippen LogP contribution is -2.03. The maximum Gasteiger partial charge on any atom is 0.160 e. The summed E-state index contributed by atoms with van der Waals surface area (Å²) in [6, 6.07) is 134. The van der Waals surface area contributed by atoms with Crippen LogP contribution in [0.3, 0.4) is 0 Å². The average molecular weight is 1320 g/mol. The van der Waals surface area contributed by atoms with Crippen LogP contribution in [0.25, 0.3) is 210 Å². The van der Waals surface area contributed by atoms with Gasteiger partial charge in [-0.15, -0.1) is 0 Å². The summed E-state index contributed by atoms with van der Waals surface area (Å²) in [5.74, 6) is 0.632. The third-order valence-corrected chi connectivity index (χ3v) is 21.9. The SMILES string of the molecule is c1ccc(-c2cccc(-c3ccccc3)c2-c2nc(-c3cc(-n4c5ccccc5c5cc(-c6ccc7c(c6)c6ccccc6n7-c6ccccc6)ccc54)cc(-n4c5ccccc5c5cc(-c6ccc7c(c6)c6ccccc6n7-c6ccccc6)ccc54)c3)nc3c2-c2cccc4cccc-3c24)cc1. The van der Waals surface area contributed by atoms with Gasteiger partial charge in [0.1, 0.15) is 0 Å². The topological polar surface area (TPSA) is 45.5 Å². The van der Waals surface area contributed by atoms with Crippen LogP contribution in [0, 0.1) is 0 Å². The normalized spacial score (nSPS) is 12.0. The summed E-state index contributed by atoms with van der Waals surface area (Å²) in [7, 11) is 0. The average Bonchev–Trinajstić information content (AvgIpc) is 1.52. The fourth-order valence-electron chi connectivity index (χ4n) is 17.4. The Labute approximate surface area is 598 Å². The molecule has 0 spiro atoms. The second-order valence-electron chi connectivity index (χ2n) is 27.5. The lowest BCUT2D eigenvalue weighted by molar-refractivity contribution is 1.12. The Hall–Kier alpha value is -13.9. The monoisotopic (exact) mass is 1320 g/mol. The van der Waals surface area contributed by atoms with E-state index in [-0.39, 0.29) is 0 Å². The molecular weight excluding hydrogens is 1260 g/mol. The zero-order chi connectivity index (χ0) is 68.1. The summed E-state index contributed by atoms with van der Waals surface area (Å²) < 4.78 is 9.71. The minimum absolute atomic E-state index is 0.632. The predicted octanol–water partition coefficient (Wildman–Crippen LogP) is 25.7. The van der Waals surface area contributed by atoms with Crippen molar-refractivity contribution in [1.29, 1.82) is 0 Å². The molecule has 0 atom stereocenters. The summed E-state index contributed by atoms with van der Waals surface area (Å²) >= 11 is 0. The van der Waals surface area contributed by atoms with Crippen molar-refractivity contribution in [3.63, 3.8) is 0 Å². The van der Waals surface area contributed by atoms with E-state index in [9.17, 15) is 0 Å². The van der Waals surface area contributed by atoms with Gasteiger partial charge in [0.25, 0.3) is 0 Å². The Kier molecular flexibility index (Phi) is 12.7. The lowest BCUT2D eigenvalue weighted by Gasteiger charge is -2.20. The highest BCUT2D eigenvalue weighted by Gasteiger charge is 2.32. The van der Waals surface area contributed by atoms with Crippen LogP contribution in [0.1, 0.15) is 0 Å². The molecule has 0 saturated carbocycles. The number of para-hydroxylation sites is 6. The van der Waals surface area contributed by atoms with E-state index in [0.717, 1.165) is 150 Å². The highest BCUT2D eigenvalue weighted by atomic mass is 15.0. The van der Waals surface area contributed by atoms with Gasteiger partial charge in [0.15, 0.2) is 5.82 Å². The molecule has 1 aliphatic carbocycles. The molecule has 0 bridgehead atoms. The molecule has 22 rings (SSSR count). The van der Waals surface area contributed by atoms with E-state index in [1.165, 1.54) is 54.4 Å². The maximum atomic E-state index is 6.10. The van der Waals surface area contributed by atoms with Gasteiger partial charge in [-0.3, -0.25) is 0 Å². The standard InChI is InChI=1S/C98H60N6/c1-5-24-61(25-6-1)73-38-23-39-74(62-26-7-2-8-27-62)94(73)97-95-79-40-21-28-63-29-22-41-80(93(63)79)96(95)99-98(100-97)68-54-71(103-87-44-19-15-36-77(87)83-58-66(48-52-91(83)103)64-46-50-89-81(56-64)75-34-13-17-42-85(75)101(89)69-30-9-3-10-31-69)60-72(55-68)104-88-45-20-16-37-78(88)84-59-67(49-53-92(84)104)65-47-51-90-82(57-65)76-35-14-18-43-86(76)102(90)70-32-11-4-12-33-70/h1-60H. The summed E-state index contributed by atoms with van der Waals surface area (Å²) in [6.07, 6.45) is 0. The van der Waals surface area contributed by atoms with Gasteiger partial charge in [0.05, 0.1) is 55.5 Å². The number of rotatable bonds is 10. The van der Waals surface area contributed by atoms with E-state index >= 15 is 0 Å². The molecule has 6 nitrogen and oxygen atoms in total. The Morgan fingerprint density at radius 3 is 0.923 bits per heavy atom. The molecule has 21 aromatic rings. The maximum absolute atomic E-state index is 6.10. The molecule has 0 N–H and O–H groups in total. The smallest absolute Gasteiger partial charge is 0.160 e. The first-order chi connectivity index (χ1) is 51.6. The molecule has 0 fully saturated rings. The van der Waals surface area contributed by atoms with Crippen LogP contribution in [-0.4, -0.2) is 28.2 Å². The second-order valence-corrected chi connectivity index (χ2v) is 27.5. The van der Waals surface area contributed by atoms with E-state index in [0.29, 0.717) is 5.82 Å². The van der Waals surface area contributed by atoms with Crippen molar-refractivity contribution in [3.05, 3.63) is 364 Å². The van der Waals surface area contributed by atoms with Gasteiger partial charge in [-0.25, -0.2) is 9.97 Å². The third kappa shape index (κ3) is 8.76. The van der Waals surface area contributed by atoms with Gasteiger partial charge in [-0.05, 0) is 176 Å². The van der Waals surface area contributed by atoms with E-state index in [2.05, 4.69) is 382 Å². The molecule has 16 aromatic carbocycles. The molecule has 5 heterocycles. The van der Waals surface area contributed by atoms with Crippen molar-refractivity contribution in [2.24, 2.45) is 0 Å². The second kappa shape index (κ2) is 22.8. The number of nitrogens with zero attached hydrogens (tertiary/aromatic N) is 6. The molecule has 104 heavy (non-hydrogen) atoms. The van der Waals surface area contributed by atoms with Crippen LogP contribution >= 0.6 is 0 Å². The van der Waals surface area contributed by atoms with Gasteiger partial charge >= 0.3 is 0 Å². The zero-order valence-electron chi connectivity index (χ0n) is 56.3. The van der Waals surface area contributed by atoms with Gasteiger partial charge < -0.3 is 18.3 Å². The lowest BCUT2D eigenvalue weighted by atomic mass is 9.87. The Balaban J connectivity index is 0.789. The zero-order valence-corrected chi connectivity index (χ0v) is 56.3. The number of hydrogen-bond acceptors (Lipinski definition) is 2. The minimum atomic E-state index is 0.632. The molecular formula is C98H60N6. The molecule has 0 amide bonds. The summed E-state index contributed by atoms with van der Waals surface area (Å²) in [4.78, 5) is 12.0. The fourth-order valence-corrected chi connectivity index (χ4v) is 17.4. The van der Waals surface area contributed by atoms with Crippen molar-refractivity contribution in [2.45, 2.75) is 0 Å². The van der Waals surface area contributed by atoms with Crippen LogP contribution < -0.4 is 0 Å². The number of hydrogen-bond donors (Lipinski definition) is 0. The van der Waals surface area contributed by atoms with Gasteiger partial charge in [0, 0.05) is 88.1 Å². The number of benzene rings is 16. The summed E-state index contributed by atoms with van der Waals surface area (Å²) in [5.41, 5.74) is 29.5. The highest BCUT2D eigenvalue weighted by molar-refractivity contribution is 6.19. The van der Waals surface area contributed by atoms with E-state index in [1.807, 2.05) is 0 Å². The Morgan fingerprint density at radius 1 is 0.183 bits per heavy atom. The first-order valence-electron chi connectivity index (χ1n) is 35.7. The van der Waals surface area contributed by atoms with Crippen LogP contribution in [0.2, 0.25) is 0 Å². The molecule has 6 heteroatoms. The van der Waals surface area contributed by atoms with Crippen molar-refractivity contribution >= 4 is 98.0 Å². The highest BCUT2D eigenvalue weighted by Crippen LogP contribution is 2.54. The van der Waals surface area contributed by atoms with E-state index in [1.54, 1.807) is 0 Å². The van der Waals surface area contributed by atoms with Crippen LogP contribution in [0.15, 0.2) is 364 Å². The number of aromatic nitrogens is 6. The largest absolute Gasteiger partial charge is 0.309 e. The van der Waals surface area contributed by atoms with Crippen molar-refractivity contribution in [3.8, 4) is 112 Å². The molecule has 482 valence electrons. The molecule has 1 aliphatic rings. The first kappa shape index (κ1) is 57.9. The van der Waals surface area contributed by atoms with Crippen molar-refractivity contribution < 1.29 is 0 Å². The fraction of sp³-hybridized carbons (Fsp3) is 0. The molecule has 0 aliphatic heterocycles. The summed E-state index contributed by atoms with van der Waals surface area (Å²) in [5, 5.41) is 11.9. The molecule has 0 saturated heterocycles. The minimum Gasteiger partial charge on any atom is -0.309 e. The van der Waals surface area contributed by atoms with Crippen molar-refractivity contribution in [2.75, 3.05) is 0 Å². The van der Waals surface area contributed by atoms with Crippen molar-refractivity contribution in [1.82, 2.24) is 28.2 Å².